The zero-order chi connectivity index (χ0) is 20.0. The summed E-state index contributed by atoms with van der Waals surface area (Å²) < 4.78 is 5.94. The van der Waals surface area contributed by atoms with Crippen molar-refractivity contribution in [3.63, 3.8) is 0 Å². The summed E-state index contributed by atoms with van der Waals surface area (Å²) in [5, 5.41) is 14.8. The van der Waals surface area contributed by atoms with Gasteiger partial charge in [-0.15, -0.1) is 0 Å². The lowest BCUT2D eigenvalue weighted by atomic mass is 10.0. The quantitative estimate of drug-likeness (QED) is 0.417. The van der Waals surface area contributed by atoms with Gasteiger partial charge in [-0.1, -0.05) is 30.3 Å². The molecule has 0 saturated heterocycles. The van der Waals surface area contributed by atoms with Gasteiger partial charge < -0.3 is 19.8 Å². The molecule has 7 nitrogen and oxygen atoms in total. The number of H-pyrrole nitrogens is 1. The molecule has 0 unspecified atom stereocenters. The van der Waals surface area contributed by atoms with Crippen LogP contribution < -0.4 is 5.32 Å². The first kappa shape index (κ1) is 17.2. The van der Waals surface area contributed by atoms with Gasteiger partial charge in [0.05, 0.1) is 0 Å². The van der Waals surface area contributed by atoms with Crippen molar-refractivity contribution in [2.75, 3.05) is 5.32 Å². The molecule has 0 aliphatic rings. The molecule has 3 aromatic heterocycles. The van der Waals surface area contributed by atoms with Gasteiger partial charge >= 0.3 is 5.97 Å². The van der Waals surface area contributed by atoms with Crippen molar-refractivity contribution in [1.29, 1.82) is 0 Å². The number of aliphatic carboxylic acids is 1. The number of hydrogen-bond acceptors (Lipinski definition) is 5. The number of hydrogen-bond donors (Lipinski definition) is 3. The van der Waals surface area contributed by atoms with Gasteiger partial charge in [0.1, 0.15) is 23.0 Å². The number of para-hydroxylation sites is 2. The Morgan fingerprint density at radius 2 is 1.90 bits per heavy atom. The van der Waals surface area contributed by atoms with Crippen LogP contribution >= 0.6 is 0 Å². The fraction of sp³-hybridized carbons (Fsp3) is 0.136. The number of carbonyl (C=O) groups is 1. The van der Waals surface area contributed by atoms with E-state index in [4.69, 9.17) is 4.42 Å². The molecule has 0 aliphatic heterocycles. The van der Waals surface area contributed by atoms with Crippen molar-refractivity contribution >= 4 is 44.8 Å². The number of aromatic amines is 1. The van der Waals surface area contributed by atoms with E-state index in [2.05, 4.69) is 20.3 Å². The number of fused-ring (bicyclic) bond motifs is 4. The van der Waals surface area contributed by atoms with Gasteiger partial charge in [0.25, 0.3) is 0 Å². The predicted octanol–water partition coefficient (Wildman–Crippen LogP) is 4.27. The van der Waals surface area contributed by atoms with Crippen LogP contribution in [0, 0.1) is 6.92 Å². The van der Waals surface area contributed by atoms with Crippen LogP contribution in [0.5, 0.6) is 0 Å². The van der Waals surface area contributed by atoms with Crippen LogP contribution in [0.25, 0.3) is 33.0 Å². The highest BCUT2D eigenvalue weighted by atomic mass is 16.4. The molecule has 3 N–H and O–H groups in total. The minimum Gasteiger partial charge on any atom is -0.480 e. The van der Waals surface area contributed by atoms with E-state index in [1.54, 1.807) is 6.92 Å². The molecule has 7 heteroatoms. The Kier molecular flexibility index (Phi) is 3.94. The van der Waals surface area contributed by atoms with Crippen molar-refractivity contribution in [3.05, 3.63) is 66.1 Å². The Balaban J connectivity index is 1.56. The van der Waals surface area contributed by atoms with Crippen LogP contribution in [-0.2, 0) is 11.2 Å². The van der Waals surface area contributed by atoms with Crippen LogP contribution in [-0.4, -0.2) is 32.1 Å². The third-order valence-corrected chi connectivity index (χ3v) is 5.04. The Morgan fingerprint density at radius 3 is 2.72 bits per heavy atom. The summed E-state index contributed by atoms with van der Waals surface area (Å²) in [7, 11) is 0. The maximum absolute atomic E-state index is 12.0. The van der Waals surface area contributed by atoms with Crippen LogP contribution in [0.4, 0.5) is 5.82 Å². The normalized spacial score (nSPS) is 12.6. The maximum atomic E-state index is 12.0. The first-order valence-corrected chi connectivity index (χ1v) is 9.30. The van der Waals surface area contributed by atoms with Gasteiger partial charge in [-0.2, -0.15) is 0 Å². The zero-order valence-electron chi connectivity index (χ0n) is 15.6. The minimum absolute atomic E-state index is 0.296. The van der Waals surface area contributed by atoms with Gasteiger partial charge in [-0.05, 0) is 30.7 Å². The molecule has 0 amide bonds. The number of furan rings is 1. The first-order chi connectivity index (χ1) is 14.1. The smallest absolute Gasteiger partial charge is 0.326 e. The number of rotatable bonds is 5. The molecule has 3 heterocycles. The number of aryl methyl sites for hydroxylation is 1. The lowest BCUT2D eigenvalue weighted by Gasteiger charge is -2.15. The summed E-state index contributed by atoms with van der Waals surface area (Å²) in [6.45, 7) is 1.78. The van der Waals surface area contributed by atoms with Crippen molar-refractivity contribution in [1.82, 2.24) is 15.0 Å². The third-order valence-electron chi connectivity index (χ3n) is 5.04. The average Bonchev–Trinajstić information content (AvgIpc) is 3.29. The summed E-state index contributed by atoms with van der Waals surface area (Å²) in [6.07, 6.45) is 2.15. The van der Waals surface area contributed by atoms with Gasteiger partial charge in [0.2, 0.25) is 0 Å². The molecule has 29 heavy (non-hydrogen) atoms. The minimum atomic E-state index is -0.962. The van der Waals surface area contributed by atoms with Crippen LogP contribution in [0.1, 0.15) is 11.4 Å². The fourth-order valence-electron chi connectivity index (χ4n) is 3.69. The Morgan fingerprint density at radius 1 is 1.14 bits per heavy atom. The molecule has 0 fully saturated rings. The monoisotopic (exact) mass is 386 g/mol. The van der Waals surface area contributed by atoms with Gasteiger partial charge in [-0.25, -0.2) is 14.8 Å². The Labute approximate surface area is 165 Å². The summed E-state index contributed by atoms with van der Waals surface area (Å²) in [5.74, 6) is -0.0328. The molecule has 5 rings (SSSR count). The van der Waals surface area contributed by atoms with E-state index >= 15 is 0 Å². The van der Waals surface area contributed by atoms with Crippen LogP contribution in [0.2, 0.25) is 0 Å². The molecule has 144 valence electrons. The molecule has 0 aliphatic carbocycles. The third kappa shape index (κ3) is 2.97. The maximum Gasteiger partial charge on any atom is 0.326 e. The van der Waals surface area contributed by atoms with Gasteiger partial charge in [0, 0.05) is 28.9 Å². The molecule has 0 radical (unpaired) electrons. The Bertz CT molecular complexity index is 1370. The number of anilines is 1. The zero-order valence-corrected chi connectivity index (χ0v) is 15.6. The van der Waals surface area contributed by atoms with E-state index in [9.17, 15) is 9.90 Å². The highest BCUT2D eigenvalue weighted by Gasteiger charge is 2.23. The SMILES string of the molecule is Cc1nc(N[C@H](Cc2c[nH]c3ccccc23)C(=O)O)c2oc3ccccc3c2n1. The van der Waals surface area contributed by atoms with Crippen molar-refractivity contribution < 1.29 is 14.3 Å². The van der Waals surface area contributed by atoms with Gasteiger partial charge in [-0.3, -0.25) is 0 Å². The van der Waals surface area contributed by atoms with Crippen molar-refractivity contribution in [3.8, 4) is 0 Å². The molecular weight excluding hydrogens is 368 g/mol. The Hall–Kier alpha value is -3.87. The second-order valence-corrected chi connectivity index (χ2v) is 6.99. The summed E-state index contributed by atoms with van der Waals surface area (Å²) in [6, 6.07) is 14.5. The van der Waals surface area contributed by atoms with E-state index < -0.39 is 12.0 Å². The van der Waals surface area contributed by atoms with Crippen LogP contribution in [0.3, 0.4) is 0 Å². The number of aromatic nitrogens is 3. The molecule has 0 saturated carbocycles. The van der Waals surface area contributed by atoms with E-state index in [1.807, 2.05) is 54.7 Å². The summed E-state index contributed by atoms with van der Waals surface area (Å²) in [4.78, 5) is 24.1. The van der Waals surface area contributed by atoms with E-state index in [1.165, 1.54) is 0 Å². The number of nitrogens with zero attached hydrogens (tertiary/aromatic N) is 2. The second-order valence-electron chi connectivity index (χ2n) is 6.99. The lowest BCUT2D eigenvalue weighted by Crippen LogP contribution is -2.32. The summed E-state index contributed by atoms with van der Waals surface area (Å²) in [5.41, 5.74) is 3.72. The van der Waals surface area contributed by atoms with Gasteiger partial charge in [0.15, 0.2) is 11.4 Å². The molecule has 2 aromatic carbocycles. The number of benzene rings is 2. The molecule has 0 spiro atoms. The summed E-state index contributed by atoms with van der Waals surface area (Å²) >= 11 is 0. The molecule has 5 aromatic rings. The van der Waals surface area contributed by atoms with E-state index in [-0.39, 0.29) is 0 Å². The van der Waals surface area contributed by atoms with Crippen molar-refractivity contribution in [2.45, 2.75) is 19.4 Å². The van der Waals surface area contributed by atoms with E-state index in [0.29, 0.717) is 34.7 Å². The fourth-order valence-corrected chi connectivity index (χ4v) is 3.69. The number of carboxylic acids is 1. The van der Waals surface area contributed by atoms with Crippen LogP contribution in [0.15, 0.2) is 59.1 Å². The highest BCUT2D eigenvalue weighted by Crippen LogP contribution is 2.31. The number of nitrogens with one attached hydrogen (secondary N) is 2. The molecule has 1 atom stereocenters. The first-order valence-electron chi connectivity index (χ1n) is 9.30. The topological polar surface area (TPSA) is 104 Å². The van der Waals surface area contributed by atoms with E-state index in [0.717, 1.165) is 21.9 Å². The standard InChI is InChI=1S/C22H18N4O3/c1-12-24-19-15-7-3-5-9-18(15)29-20(19)21(25-12)26-17(22(27)28)10-13-11-23-16-8-4-2-6-14(13)16/h2-9,11,17,23H,10H2,1H3,(H,27,28)(H,24,25,26)/t17-/m1/s1. The largest absolute Gasteiger partial charge is 0.480 e. The second kappa shape index (κ2) is 6.63. The molecular formula is C22H18N4O3. The lowest BCUT2D eigenvalue weighted by molar-refractivity contribution is -0.137. The molecule has 0 bridgehead atoms. The average molecular weight is 386 g/mol. The number of carboxylic acid groups (broad SMARTS) is 1. The van der Waals surface area contributed by atoms with Crippen molar-refractivity contribution in [2.24, 2.45) is 0 Å². The highest BCUT2D eigenvalue weighted by molar-refractivity contribution is 6.05. The predicted molar refractivity (Wildman–Crippen MR) is 111 cm³/mol.